The van der Waals surface area contributed by atoms with Crippen LogP contribution in [0.5, 0.6) is 0 Å². The van der Waals surface area contributed by atoms with Gasteiger partial charge in [0.1, 0.15) is 5.82 Å². The van der Waals surface area contributed by atoms with Gasteiger partial charge in [0.15, 0.2) is 0 Å². The Kier molecular flexibility index (Phi) is 6.43. The monoisotopic (exact) mass is 493 g/mol. The van der Waals surface area contributed by atoms with Crippen molar-refractivity contribution in [3.05, 3.63) is 84.6 Å². The van der Waals surface area contributed by atoms with E-state index < -0.39 is 0 Å². The molecule has 4 aromatic rings. The van der Waals surface area contributed by atoms with Gasteiger partial charge in [-0.15, -0.1) is 0 Å². The predicted octanol–water partition coefficient (Wildman–Crippen LogP) is 5.01. The molecule has 0 aliphatic carbocycles. The molecule has 2 fully saturated rings. The molecule has 2 saturated heterocycles. The average molecular weight is 494 g/mol. The molecule has 0 bridgehead atoms. The fourth-order valence-corrected chi connectivity index (χ4v) is 5.71. The summed E-state index contributed by atoms with van der Waals surface area (Å²) in [6, 6.07) is 25.5. The van der Waals surface area contributed by atoms with Gasteiger partial charge in [-0.25, -0.2) is 4.98 Å². The smallest absolute Gasteiger partial charge is 0.253 e. The fourth-order valence-electron chi connectivity index (χ4n) is 5.71. The highest BCUT2D eigenvalue weighted by Crippen LogP contribution is 2.31. The van der Waals surface area contributed by atoms with Gasteiger partial charge in [-0.3, -0.25) is 9.69 Å². The van der Waals surface area contributed by atoms with E-state index >= 15 is 0 Å². The van der Waals surface area contributed by atoms with Crippen LogP contribution in [0.3, 0.4) is 0 Å². The number of hydrogen-bond donors (Lipinski definition) is 0. The summed E-state index contributed by atoms with van der Waals surface area (Å²) >= 11 is 0. The minimum absolute atomic E-state index is 0.142. The summed E-state index contributed by atoms with van der Waals surface area (Å²) in [6.45, 7) is 11.1. The van der Waals surface area contributed by atoms with Crippen molar-refractivity contribution in [3.63, 3.8) is 0 Å². The first-order chi connectivity index (χ1) is 18.1. The summed E-state index contributed by atoms with van der Waals surface area (Å²) in [5, 5.41) is 1.13. The van der Waals surface area contributed by atoms with Crippen LogP contribution >= 0.6 is 0 Å². The van der Waals surface area contributed by atoms with Crippen molar-refractivity contribution >= 4 is 22.6 Å². The van der Waals surface area contributed by atoms with Gasteiger partial charge < -0.3 is 14.4 Å². The summed E-state index contributed by atoms with van der Waals surface area (Å²) < 4.78 is 2.40. The van der Waals surface area contributed by atoms with Crippen molar-refractivity contribution in [3.8, 4) is 11.3 Å². The van der Waals surface area contributed by atoms with Gasteiger partial charge in [0, 0.05) is 80.2 Å². The Morgan fingerprint density at radius 3 is 2.38 bits per heavy atom. The fraction of sp³-hybridized carbons (Fsp3) is 0.355. The highest BCUT2D eigenvalue weighted by molar-refractivity contribution is 5.99. The molecule has 6 nitrogen and oxygen atoms in total. The normalized spacial score (nSPS) is 16.9. The zero-order chi connectivity index (χ0) is 25.4. The number of fused-ring (bicyclic) bond motifs is 1. The van der Waals surface area contributed by atoms with Crippen LogP contribution < -0.4 is 4.90 Å². The molecular weight excluding hydrogens is 458 g/mol. The van der Waals surface area contributed by atoms with Gasteiger partial charge in [0.05, 0.1) is 0 Å². The topological polar surface area (TPSA) is 44.6 Å². The van der Waals surface area contributed by atoms with Gasteiger partial charge in [-0.05, 0) is 47.9 Å². The molecular formula is C31H35N5O. The molecule has 2 aromatic heterocycles. The molecule has 2 aliphatic rings. The molecule has 4 heterocycles. The number of rotatable bonds is 6. The number of pyridine rings is 1. The lowest BCUT2D eigenvalue weighted by molar-refractivity contribution is 0.0246. The number of nitrogens with zero attached hydrogens (tertiary/aromatic N) is 5. The summed E-state index contributed by atoms with van der Waals surface area (Å²) in [7, 11) is 0. The van der Waals surface area contributed by atoms with E-state index in [0.29, 0.717) is 12.0 Å². The summed E-state index contributed by atoms with van der Waals surface area (Å²) in [5.41, 5.74) is 4.40. The lowest BCUT2D eigenvalue weighted by Gasteiger charge is -2.48. The molecule has 190 valence electrons. The molecule has 2 aromatic carbocycles. The first-order valence-electron chi connectivity index (χ1n) is 13.4. The molecule has 37 heavy (non-hydrogen) atoms. The van der Waals surface area contributed by atoms with Crippen molar-refractivity contribution in [1.82, 2.24) is 19.4 Å². The second kappa shape index (κ2) is 10.0. The van der Waals surface area contributed by atoms with E-state index in [-0.39, 0.29) is 5.91 Å². The molecule has 0 N–H and O–H groups in total. The Bertz CT molecular complexity index is 1370. The van der Waals surface area contributed by atoms with Gasteiger partial charge in [-0.2, -0.15) is 0 Å². The second-order valence-corrected chi connectivity index (χ2v) is 10.7. The minimum atomic E-state index is 0.142. The van der Waals surface area contributed by atoms with Crippen LogP contribution in [0.1, 0.15) is 24.2 Å². The molecule has 0 spiro atoms. The summed E-state index contributed by atoms with van der Waals surface area (Å²) in [4.78, 5) is 24.7. The Balaban J connectivity index is 1.13. The Morgan fingerprint density at radius 2 is 1.68 bits per heavy atom. The van der Waals surface area contributed by atoms with E-state index in [1.165, 1.54) is 16.8 Å². The molecule has 0 atom stereocenters. The highest BCUT2D eigenvalue weighted by Gasteiger charge is 2.36. The molecule has 2 aliphatic heterocycles. The Hall–Kier alpha value is -3.64. The van der Waals surface area contributed by atoms with E-state index in [1.807, 2.05) is 29.3 Å². The van der Waals surface area contributed by atoms with Crippen LogP contribution in [0.15, 0.2) is 79.0 Å². The molecule has 0 saturated carbocycles. The van der Waals surface area contributed by atoms with Gasteiger partial charge >= 0.3 is 0 Å². The van der Waals surface area contributed by atoms with Gasteiger partial charge in [0.25, 0.3) is 5.91 Å². The third kappa shape index (κ3) is 4.74. The van der Waals surface area contributed by atoms with Gasteiger partial charge in [-0.1, -0.05) is 50.2 Å². The average Bonchev–Trinajstić information content (AvgIpc) is 3.26. The van der Waals surface area contributed by atoms with Crippen molar-refractivity contribution in [2.45, 2.75) is 26.4 Å². The number of likely N-dealkylation sites (tertiary alicyclic amines) is 1. The van der Waals surface area contributed by atoms with E-state index in [9.17, 15) is 4.79 Å². The number of piperazine rings is 1. The molecule has 0 radical (unpaired) electrons. The first-order valence-corrected chi connectivity index (χ1v) is 13.4. The second-order valence-electron chi connectivity index (χ2n) is 10.7. The van der Waals surface area contributed by atoms with E-state index in [0.717, 1.165) is 62.6 Å². The van der Waals surface area contributed by atoms with Crippen LogP contribution in [0, 0.1) is 5.92 Å². The number of amides is 1. The first kappa shape index (κ1) is 23.7. The highest BCUT2D eigenvalue weighted by atomic mass is 16.2. The van der Waals surface area contributed by atoms with Crippen LogP contribution in [0.4, 0.5) is 5.82 Å². The van der Waals surface area contributed by atoms with Crippen molar-refractivity contribution in [2.24, 2.45) is 5.92 Å². The maximum absolute atomic E-state index is 13.4. The van der Waals surface area contributed by atoms with Crippen molar-refractivity contribution in [2.75, 3.05) is 44.2 Å². The quantitative estimate of drug-likeness (QED) is 0.379. The molecule has 0 unspecified atom stereocenters. The Labute approximate surface area is 219 Å². The largest absolute Gasteiger partial charge is 0.354 e. The summed E-state index contributed by atoms with van der Waals surface area (Å²) in [5.74, 6) is 1.73. The SMILES string of the molecule is CC(C)Cn1c(-c2ccccc2)cc2cc(C(=O)N3CC(N4CCN(c5ccccn5)CC4)C3)ccc21. The lowest BCUT2D eigenvalue weighted by atomic mass is 10.0. The van der Waals surface area contributed by atoms with Crippen LogP contribution in [0.2, 0.25) is 0 Å². The third-order valence-electron chi connectivity index (χ3n) is 7.72. The number of anilines is 1. The van der Waals surface area contributed by atoms with Crippen LogP contribution in [-0.4, -0.2) is 70.6 Å². The summed E-state index contributed by atoms with van der Waals surface area (Å²) in [6.07, 6.45) is 1.86. The zero-order valence-corrected chi connectivity index (χ0v) is 21.8. The van der Waals surface area contributed by atoms with Crippen molar-refractivity contribution in [1.29, 1.82) is 0 Å². The van der Waals surface area contributed by atoms with Gasteiger partial charge in [0.2, 0.25) is 0 Å². The molecule has 6 rings (SSSR count). The molecule has 1 amide bonds. The minimum Gasteiger partial charge on any atom is -0.354 e. The maximum atomic E-state index is 13.4. The standard InChI is InChI=1S/C31H35N5O/c1-23(2)20-36-28-12-11-25(18-26(28)19-29(36)24-8-4-3-5-9-24)31(37)35-21-27(22-35)33-14-16-34(17-15-33)30-10-6-7-13-32-30/h3-13,18-19,23,27H,14-17,20-22H2,1-2H3. The van der Waals surface area contributed by atoms with E-state index in [4.69, 9.17) is 0 Å². The zero-order valence-electron chi connectivity index (χ0n) is 21.8. The van der Waals surface area contributed by atoms with Crippen LogP contribution in [0.25, 0.3) is 22.2 Å². The van der Waals surface area contributed by atoms with Crippen molar-refractivity contribution < 1.29 is 4.79 Å². The number of aromatic nitrogens is 2. The number of hydrogen-bond acceptors (Lipinski definition) is 4. The lowest BCUT2D eigenvalue weighted by Crippen LogP contribution is -2.64. The number of carbonyl (C=O) groups is 1. The van der Waals surface area contributed by atoms with E-state index in [1.54, 1.807) is 0 Å². The third-order valence-corrected chi connectivity index (χ3v) is 7.72. The van der Waals surface area contributed by atoms with Crippen LogP contribution in [-0.2, 0) is 6.54 Å². The molecule has 6 heteroatoms. The Morgan fingerprint density at radius 1 is 0.919 bits per heavy atom. The van der Waals surface area contributed by atoms with E-state index in [2.05, 4.69) is 87.8 Å². The number of carbonyl (C=O) groups excluding carboxylic acids is 1. The predicted molar refractivity (Wildman–Crippen MR) is 150 cm³/mol. The maximum Gasteiger partial charge on any atom is 0.253 e. The number of benzene rings is 2.